The predicted molar refractivity (Wildman–Crippen MR) is 135 cm³/mol. The third kappa shape index (κ3) is 5.54. The molecule has 0 spiro atoms. The van der Waals surface area contributed by atoms with Crippen LogP contribution in [-0.4, -0.2) is 43.8 Å². The second kappa shape index (κ2) is 10.2. The maximum atomic E-state index is 13.4. The van der Waals surface area contributed by atoms with E-state index in [0.29, 0.717) is 31.5 Å². The quantitative estimate of drug-likeness (QED) is 0.400. The Morgan fingerprint density at radius 1 is 1.30 bits per heavy atom. The Bertz CT molecular complexity index is 1260. The van der Waals surface area contributed by atoms with E-state index in [2.05, 4.69) is 43.8 Å². The standard InChI is InChI=1S/C23H25IN6O2S/c1-2-8-33(31,32)30-13-20-9-18(11-25)5-6-23(20)28(14-21-15-29(24)17-27-21)16-22(30)10-19-4-3-7-26-12-19/h3-7,9,12,15,17,22H,2,8,10,13-14,16H2,1H3. The summed E-state index contributed by atoms with van der Waals surface area (Å²) >= 11 is 2.16. The van der Waals surface area contributed by atoms with Crippen molar-refractivity contribution in [1.29, 1.82) is 5.26 Å². The van der Waals surface area contributed by atoms with Crippen LogP contribution in [0.3, 0.4) is 0 Å². The molecule has 3 heterocycles. The molecule has 4 rings (SSSR count). The van der Waals surface area contributed by atoms with Crippen LogP contribution in [0.25, 0.3) is 0 Å². The number of hydrogen-bond acceptors (Lipinski definition) is 6. The summed E-state index contributed by atoms with van der Waals surface area (Å²) in [7, 11) is -3.50. The van der Waals surface area contributed by atoms with Crippen molar-refractivity contribution >= 4 is 38.6 Å². The van der Waals surface area contributed by atoms with Crippen molar-refractivity contribution in [2.45, 2.75) is 38.9 Å². The zero-order chi connectivity index (χ0) is 23.4. The monoisotopic (exact) mass is 576 g/mol. The molecule has 1 aromatic carbocycles. The van der Waals surface area contributed by atoms with E-state index < -0.39 is 10.0 Å². The van der Waals surface area contributed by atoms with Crippen LogP contribution in [0, 0.1) is 11.3 Å². The van der Waals surface area contributed by atoms with Crippen LogP contribution in [0.4, 0.5) is 5.69 Å². The van der Waals surface area contributed by atoms with Gasteiger partial charge in [-0.2, -0.15) is 9.57 Å². The van der Waals surface area contributed by atoms with Gasteiger partial charge in [-0.05, 0) is 48.2 Å². The summed E-state index contributed by atoms with van der Waals surface area (Å²) in [6.07, 6.45) is 8.30. The molecule has 3 aromatic rings. The van der Waals surface area contributed by atoms with Gasteiger partial charge in [0.05, 0.1) is 52.5 Å². The smallest absolute Gasteiger partial charge is 0.214 e. The first-order valence-electron chi connectivity index (χ1n) is 10.7. The first kappa shape index (κ1) is 23.7. The summed E-state index contributed by atoms with van der Waals surface area (Å²) in [6.45, 7) is 3.15. The Balaban J connectivity index is 1.79. The summed E-state index contributed by atoms with van der Waals surface area (Å²) in [4.78, 5) is 10.9. The molecule has 1 atom stereocenters. The molecular formula is C23H25IN6O2S. The van der Waals surface area contributed by atoms with Crippen molar-refractivity contribution in [2.24, 2.45) is 0 Å². The molecule has 0 fully saturated rings. The highest BCUT2D eigenvalue weighted by Crippen LogP contribution is 2.32. The molecule has 1 unspecified atom stereocenters. The van der Waals surface area contributed by atoms with Crippen molar-refractivity contribution < 1.29 is 8.42 Å². The average molecular weight is 576 g/mol. The van der Waals surface area contributed by atoms with Crippen LogP contribution < -0.4 is 4.90 Å². The molecule has 0 N–H and O–H groups in total. The number of fused-ring (bicyclic) bond motifs is 1. The van der Waals surface area contributed by atoms with Crippen molar-refractivity contribution in [3.05, 3.63) is 77.6 Å². The molecule has 0 amide bonds. The third-order valence-corrected chi connectivity index (χ3v) is 8.28. The number of rotatable bonds is 7. The van der Waals surface area contributed by atoms with Crippen molar-refractivity contribution in [3.8, 4) is 6.07 Å². The predicted octanol–water partition coefficient (Wildman–Crippen LogP) is 3.52. The second-order valence-corrected chi connectivity index (χ2v) is 11.3. The maximum absolute atomic E-state index is 13.4. The van der Waals surface area contributed by atoms with Crippen LogP contribution in [0.1, 0.15) is 35.7 Å². The minimum Gasteiger partial charge on any atom is -0.364 e. The summed E-state index contributed by atoms with van der Waals surface area (Å²) in [5, 5.41) is 9.45. The summed E-state index contributed by atoms with van der Waals surface area (Å²) in [6, 6.07) is 11.3. The van der Waals surface area contributed by atoms with Gasteiger partial charge in [0.1, 0.15) is 6.33 Å². The van der Waals surface area contributed by atoms with Gasteiger partial charge in [-0.15, -0.1) is 0 Å². The molecule has 1 aliphatic rings. The lowest BCUT2D eigenvalue weighted by atomic mass is 10.1. The Morgan fingerprint density at radius 3 is 2.82 bits per heavy atom. The number of aromatic nitrogens is 3. The fraction of sp³-hybridized carbons (Fsp3) is 0.348. The molecular weight excluding hydrogens is 551 g/mol. The molecule has 0 saturated carbocycles. The number of halogens is 1. The lowest BCUT2D eigenvalue weighted by Gasteiger charge is -2.32. The van der Waals surface area contributed by atoms with E-state index in [-0.39, 0.29) is 18.3 Å². The Hall–Kier alpha value is -2.49. The normalized spacial score (nSPS) is 16.8. The minimum absolute atomic E-state index is 0.0864. The number of pyridine rings is 1. The van der Waals surface area contributed by atoms with Gasteiger partial charge in [0.15, 0.2) is 0 Å². The van der Waals surface area contributed by atoms with Crippen LogP contribution in [0.15, 0.2) is 55.2 Å². The number of anilines is 1. The van der Waals surface area contributed by atoms with E-state index in [0.717, 1.165) is 22.5 Å². The highest BCUT2D eigenvalue weighted by Gasteiger charge is 2.35. The van der Waals surface area contributed by atoms with Gasteiger partial charge in [0.25, 0.3) is 0 Å². The maximum Gasteiger partial charge on any atom is 0.214 e. The van der Waals surface area contributed by atoms with Crippen molar-refractivity contribution in [2.75, 3.05) is 17.2 Å². The van der Waals surface area contributed by atoms with Crippen molar-refractivity contribution in [3.63, 3.8) is 0 Å². The Labute approximate surface area is 208 Å². The lowest BCUT2D eigenvalue weighted by Crippen LogP contribution is -2.46. The number of sulfonamides is 1. The average Bonchev–Trinajstić information content (AvgIpc) is 3.14. The van der Waals surface area contributed by atoms with Crippen LogP contribution in [0.5, 0.6) is 0 Å². The van der Waals surface area contributed by atoms with E-state index in [9.17, 15) is 13.7 Å². The highest BCUT2D eigenvalue weighted by molar-refractivity contribution is 14.1. The Morgan fingerprint density at radius 2 is 2.15 bits per heavy atom. The van der Waals surface area contributed by atoms with Crippen LogP contribution >= 0.6 is 22.9 Å². The SMILES string of the molecule is CCCS(=O)(=O)N1Cc2cc(C#N)ccc2N(Cc2cn(I)cn2)CC1Cc1cccnc1. The molecule has 0 saturated heterocycles. The van der Waals surface area contributed by atoms with E-state index >= 15 is 0 Å². The number of benzene rings is 1. The van der Waals surface area contributed by atoms with Gasteiger partial charge in [-0.3, -0.25) is 7.76 Å². The fourth-order valence-corrected chi connectivity index (χ4v) is 6.38. The van der Waals surface area contributed by atoms with E-state index in [1.54, 1.807) is 35.2 Å². The molecule has 8 nitrogen and oxygen atoms in total. The molecule has 10 heteroatoms. The van der Waals surface area contributed by atoms with Gasteiger partial charge in [0, 0.05) is 43.4 Å². The zero-order valence-electron chi connectivity index (χ0n) is 18.3. The zero-order valence-corrected chi connectivity index (χ0v) is 21.3. The topological polar surface area (TPSA) is 95.1 Å². The fourth-order valence-electron chi connectivity index (χ4n) is 4.25. The first-order valence-corrected chi connectivity index (χ1v) is 13.3. The van der Waals surface area contributed by atoms with Gasteiger partial charge in [0.2, 0.25) is 10.0 Å². The number of nitrogens with zero attached hydrogens (tertiary/aromatic N) is 6. The van der Waals surface area contributed by atoms with Gasteiger partial charge in [-0.25, -0.2) is 13.4 Å². The number of imidazole rings is 1. The molecule has 33 heavy (non-hydrogen) atoms. The number of nitriles is 1. The van der Waals surface area contributed by atoms with Gasteiger partial charge in [-0.1, -0.05) is 13.0 Å². The largest absolute Gasteiger partial charge is 0.364 e. The summed E-state index contributed by atoms with van der Waals surface area (Å²) in [5.74, 6) is 0.0864. The molecule has 0 aliphatic carbocycles. The molecule has 2 aromatic heterocycles. The Kier molecular flexibility index (Phi) is 7.31. The highest BCUT2D eigenvalue weighted by atomic mass is 127. The molecule has 0 radical (unpaired) electrons. The minimum atomic E-state index is -3.50. The molecule has 0 bridgehead atoms. The van der Waals surface area contributed by atoms with Gasteiger partial charge < -0.3 is 4.90 Å². The van der Waals surface area contributed by atoms with E-state index in [1.807, 2.05) is 34.1 Å². The number of hydrogen-bond donors (Lipinski definition) is 0. The summed E-state index contributed by atoms with van der Waals surface area (Å²) < 4.78 is 30.3. The van der Waals surface area contributed by atoms with Crippen LogP contribution in [0.2, 0.25) is 0 Å². The van der Waals surface area contributed by atoms with Crippen LogP contribution in [-0.2, 0) is 29.5 Å². The second-order valence-electron chi connectivity index (χ2n) is 8.13. The van der Waals surface area contributed by atoms with E-state index in [1.165, 1.54) is 0 Å². The molecule has 1 aliphatic heterocycles. The molecule has 172 valence electrons. The van der Waals surface area contributed by atoms with Crippen molar-refractivity contribution in [1.82, 2.24) is 17.1 Å². The van der Waals surface area contributed by atoms with E-state index in [4.69, 9.17) is 0 Å². The third-order valence-electron chi connectivity index (χ3n) is 5.69. The first-order chi connectivity index (χ1) is 15.9. The summed E-state index contributed by atoms with van der Waals surface area (Å²) in [5.41, 5.74) is 4.16. The van der Waals surface area contributed by atoms with Gasteiger partial charge >= 0.3 is 0 Å². The lowest BCUT2D eigenvalue weighted by molar-refractivity contribution is 0.317.